The van der Waals surface area contributed by atoms with E-state index in [4.69, 9.17) is 16.0 Å². The molecular formula is C19H18ClN3O2S. The summed E-state index contributed by atoms with van der Waals surface area (Å²) in [5, 5.41) is 1.48. The van der Waals surface area contributed by atoms with Gasteiger partial charge in [-0.05, 0) is 31.2 Å². The van der Waals surface area contributed by atoms with E-state index < -0.39 is 0 Å². The molecule has 1 fully saturated rings. The largest absolute Gasteiger partial charge is 0.462 e. The lowest BCUT2D eigenvalue weighted by Gasteiger charge is -2.36. The van der Waals surface area contributed by atoms with Crippen LogP contribution in [0.15, 0.2) is 47.1 Å². The highest BCUT2D eigenvalue weighted by molar-refractivity contribution is 7.15. The van der Waals surface area contributed by atoms with Crippen molar-refractivity contribution < 1.29 is 9.21 Å². The highest BCUT2D eigenvalue weighted by Crippen LogP contribution is 2.29. The first-order valence-electron chi connectivity index (χ1n) is 8.43. The van der Waals surface area contributed by atoms with Crippen LogP contribution in [-0.4, -0.2) is 42.0 Å². The van der Waals surface area contributed by atoms with Crippen LogP contribution < -0.4 is 4.90 Å². The van der Waals surface area contributed by atoms with Gasteiger partial charge in [-0.2, -0.15) is 0 Å². The number of nitrogens with zero attached hydrogens (tertiary/aromatic N) is 3. The molecule has 5 nitrogen and oxygen atoms in total. The molecule has 0 aliphatic carbocycles. The normalized spacial score (nSPS) is 14.7. The van der Waals surface area contributed by atoms with Crippen LogP contribution >= 0.6 is 22.9 Å². The van der Waals surface area contributed by atoms with Crippen molar-refractivity contribution in [3.63, 3.8) is 0 Å². The number of carbonyl (C=O) groups is 1. The molecule has 7 heteroatoms. The topological polar surface area (TPSA) is 49.6 Å². The summed E-state index contributed by atoms with van der Waals surface area (Å²) in [6, 6.07) is 11.5. The summed E-state index contributed by atoms with van der Waals surface area (Å²) in [7, 11) is 0. The molecule has 4 rings (SSSR count). The molecule has 0 bridgehead atoms. The Balaban J connectivity index is 1.47. The van der Waals surface area contributed by atoms with Gasteiger partial charge in [0.2, 0.25) is 0 Å². The summed E-state index contributed by atoms with van der Waals surface area (Å²) in [4.78, 5) is 22.4. The molecule has 1 aliphatic heterocycles. The standard InChI is InChI=1S/C19H18ClN3O2S/c1-13-17(21-18(26-13)16-7-4-12-25-16)19(24)23-10-8-22(9-11-23)15-6-3-2-5-14(15)20/h2-7,12H,8-11H2,1H3. The van der Waals surface area contributed by atoms with Crippen LogP contribution in [0.3, 0.4) is 0 Å². The van der Waals surface area contributed by atoms with Crippen LogP contribution in [0.4, 0.5) is 5.69 Å². The molecule has 1 amide bonds. The molecule has 1 saturated heterocycles. The van der Waals surface area contributed by atoms with E-state index in [-0.39, 0.29) is 5.91 Å². The molecule has 0 N–H and O–H groups in total. The average Bonchev–Trinajstić information content (AvgIpc) is 3.31. The van der Waals surface area contributed by atoms with Crippen molar-refractivity contribution in [3.05, 3.63) is 58.3 Å². The zero-order chi connectivity index (χ0) is 18.1. The number of hydrogen-bond acceptors (Lipinski definition) is 5. The number of halogens is 1. The van der Waals surface area contributed by atoms with E-state index in [1.165, 1.54) is 11.3 Å². The maximum atomic E-state index is 12.9. The zero-order valence-electron chi connectivity index (χ0n) is 14.3. The van der Waals surface area contributed by atoms with Gasteiger partial charge in [0.1, 0.15) is 5.69 Å². The van der Waals surface area contributed by atoms with Gasteiger partial charge in [-0.3, -0.25) is 4.79 Å². The number of rotatable bonds is 3. The Bertz CT molecular complexity index is 915. The molecule has 26 heavy (non-hydrogen) atoms. The van der Waals surface area contributed by atoms with Gasteiger partial charge < -0.3 is 14.2 Å². The summed E-state index contributed by atoms with van der Waals surface area (Å²) in [6.45, 7) is 4.74. The summed E-state index contributed by atoms with van der Waals surface area (Å²) in [5.74, 6) is 0.677. The van der Waals surface area contributed by atoms with Crippen molar-refractivity contribution in [2.75, 3.05) is 31.1 Å². The Morgan fingerprint density at radius 1 is 1.15 bits per heavy atom. The second kappa shape index (κ2) is 7.13. The van der Waals surface area contributed by atoms with E-state index in [0.29, 0.717) is 24.5 Å². The number of para-hydroxylation sites is 1. The minimum absolute atomic E-state index is 0.0182. The van der Waals surface area contributed by atoms with Gasteiger partial charge in [-0.15, -0.1) is 11.3 Å². The maximum Gasteiger partial charge on any atom is 0.273 e. The molecule has 3 heterocycles. The van der Waals surface area contributed by atoms with Crippen LogP contribution in [0.5, 0.6) is 0 Å². The number of thiazole rings is 1. The van der Waals surface area contributed by atoms with Crippen LogP contribution in [0.1, 0.15) is 15.4 Å². The molecule has 0 atom stereocenters. The van der Waals surface area contributed by atoms with E-state index in [1.807, 2.05) is 48.2 Å². The molecule has 134 valence electrons. The van der Waals surface area contributed by atoms with Gasteiger partial charge in [0.25, 0.3) is 5.91 Å². The van der Waals surface area contributed by atoms with Gasteiger partial charge in [-0.25, -0.2) is 4.98 Å². The average molecular weight is 388 g/mol. The monoisotopic (exact) mass is 387 g/mol. The summed E-state index contributed by atoms with van der Waals surface area (Å²) in [5.41, 5.74) is 1.54. The highest BCUT2D eigenvalue weighted by atomic mass is 35.5. The third-order valence-electron chi connectivity index (χ3n) is 4.49. The first kappa shape index (κ1) is 17.1. The van der Waals surface area contributed by atoms with Crippen LogP contribution in [0, 0.1) is 6.92 Å². The number of amides is 1. The van der Waals surface area contributed by atoms with Crippen LogP contribution in [0.25, 0.3) is 10.8 Å². The summed E-state index contributed by atoms with van der Waals surface area (Å²) >= 11 is 7.77. The predicted molar refractivity (Wildman–Crippen MR) is 104 cm³/mol. The Hall–Kier alpha value is -2.31. The second-order valence-corrected chi connectivity index (χ2v) is 7.74. The van der Waals surface area contributed by atoms with Crippen molar-refractivity contribution in [2.45, 2.75) is 6.92 Å². The van der Waals surface area contributed by atoms with Gasteiger partial charge in [0.05, 0.1) is 17.0 Å². The first-order valence-corrected chi connectivity index (χ1v) is 9.63. The fourth-order valence-electron chi connectivity index (χ4n) is 3.11. The lowest BCUT2D eigenvalue weighted by molar-refractivity contribution is 0.0741. The Kier molecular flexibility index (Phi) is 4.70. The lowest BCUT2D eigenvalue weighted by Crippen LogP contribution is -2.49. The molecule has 3 aromatic rings. The quantitative estimate of drug-likeness (QED) is 0.671. The lowest BCUT2D eigenvalue weighted by atomic mass is 10.2. The number of piperazine rings is 1. The SMILES string of the molecule is Cc1sc(-c2ccco2)nc1C(=O)N1CCN(c2ccccc2Cl)CC1. The second-order valence-electron chi connectivity index (χ2n) is 6.13. The van der Waals surface area contributed by atoms with E-state index in [2.05, 4.69) is 9.88 Å². The number of hydrogen-bond donors (Lipinski definition) is 0. The molecule has 1 aromatic carbocycles. The number of benzene rings is 1. The van der Waals surface area contributed by atoms with Crippen molar-refractivity contribution in [1.82, 2.24) is 9.88 Å². The third-order valence-corrected chi connectivity index (χ3v) is 5.80. The predicted octanol–water partition coefficient (Wildman–Crippen LogP) is 4.33. The van der Waals surface area contributed by atoms with Gasteiger partial charge in [0, 0.05) is 31.1 Å². The minimum atomic E-state index is -0.0182. The number of anilines is 1. The number of furan rings is 1. The maximum absolute atomic E-state index is 12.9. The van der Waals surface area contributed by atoms with Crippen molar-refractivity contribution >= 4 is 34.5 Å². The highest BCUT2D eigenvalue weighted by Gasteiger charge is 2.26. The summed E-state index contributed by atoms with van der Waals surface area (Å²) < 4.78 is 5.39. The van der Waals surface area contributed by atoms with E-state index in [1.54, 1.807) is 6.26 Å². The van der Waals surface area contributed by atoms with E-state index >= 15 is 0 Å². The van der Waals surface area contributed by atoms with Crippen molar-refractivity contribution in [3.8, 4) is 10.8 Å². The van der Waals surface area contributed by atoms with Crippen LogP contribution in [-0.2, 0) is 0 Å². The van der Waals surface area contributed by atoms with Crippen molar-refractivity contribution in [2.24, 2.45) is 0 Å². The smallest absolute Gasteiger partial charge is 0.273 e. The molecule has 0 radical (unpaired) electrons. The molecule has 0 saturated carbocycles. The third kappa shape index (κ3) is 3.22. The Morgan fingerprint density at radius 2 is 1.92 bits per heavy atom. The van der Waals surface area contributed by atoms with Gasteiger partial charge in [0.15, 0.2) is 10.8 Å². The molecule has 2 aromatic heterocycles. The zero-order valence-corrected chi connectivity index (χ0v) is 15.9. The van der Waals surface area contributed by atoms with Gasteiger partial charge >= 0.3 is 0 Å². The Labute approximate surface area is 160 Å². The van der Waals surface area contributed by atoms with Crippen molar-refractivity contribution in [1.29, 1.82) is 0 Å². The summed E-state index contributed by atoms with van der Waals surface area (Å²) in [6.07, 6.45) is 1.61. The fourth-order valence-corrected chi connectivity index (χ4v) is 4.24. The number of aromatic nitrogens is 1. The van der Waals surface area contributed by atoms with Gasteiger partial charge in [-0.1, -0.05) is 23.7 Å². The molecule has 1 aliphatic rings. The molecular weight excluding hydrogens is 370 g/mol. The number of carbonyl (C=O) groups excluding carboxylic acids is 1. The first-order chi connectivity index (χ1) is 12.6. The fraction of sp³-hybridized carbons (Fsp3) is 0.263. The minimum Gasteiger partial charge on any atom is -0.462 e. The van der Waals surface area contributed by atoms with Crippen LogP contribution in [0.2, 0.25) is 5.02 Å². The molecule has 0 spiro atoms. The van der Waals surface area contributed by atoms with E-state index in [0.717, 1.165) is 33.7 Å². The Morgan fingerprint density at radius 3 is 2.62 bits per heavy atom. The van der Waals surface area contributed by atoms with E-state index in [9.17, 15) is 4.79 Å². The molecule has 0 unspecified atom stereocenters. The number of aryl methyl sites for hydroxylation is 1.